The molecule has 1 N–H and O–H groups in total. The number of hydrogen-bond donors (Lipinski definition) is 1. The van der Waals surface area contributed by atoms with Gasteiger partial charge in [0.1, 0.15) is 4.75 Å². The topological polar surface area (TPSA) is 57.6 Å². The van der Waals surface area contributed by atoms with Gasteiger partial charge >= 0.3 is 5.97 Å². The molecule has 1 heterocycles. The van der Waals surface area contributed by atoms with Crippen molar-refractivity contribution in [3.8, 4) is 0 Å². The van der Waals surface area contributed by atoms with Crippen LogP contribution in [0.25, 0.3) is 0 Å². The van der Waals surface area contributed by atoms with Crippen molar-refractivity contribution in [2.24, 2.45) is 0 Å². The van der Waals surface area contributed by atoms with Crippen LogP contribution in [-0.2, 0) is 15.6 Å². The predicted octanol–water partition coefficient (Wildman–Crippen LogP) is 0.694. The van der Waals surface area contributed by atoms with Gasteiger partial charge in [0.05, 0.1) is 0 Å². The van der Waals surface area contributed by atoms with Crippen LogP contribution in [0, 0.1) is 0 Å². The summed E-state index contributed by atoms with van der Waals surface area (Å²) in [5.41, 5.74) is 0. The Hall–Kier alpha value is -0.420. The molecule has 1 unspecified atom stereocenters. The van der Waals surface area contributed by atoms with Crippen molar-refractivity contribution in [3.05, 3.63) is 0 Å². The van der Waals surface area contributed by atoms with Crippen molar-refractivity contribution in [1.82, 2.24) is 4.90 Å². The molecule has 15 heavy (non-hydrogen) atoms. The van der Waals surface area contributed by atoms with Crippen molar-refractivity contribution >= 4 is 16.8 Å². The first-order valence-corrected chi connectivity index (χ1v) is 6.60. The zero-order valence-electron chi connectivity index (χ0n) is 9.36. The minimum absolute atomic E-state index is 0.458. The molecule has 0 aromatic rings. The molecule has 0 spiro atoms. The van der Waals surface area contributed by atoms with Gasteiger partial charge in [0.2, 0.25) is 0 Å². The minimum Gasteiger partial charge on any atom is -0.480 e. The van der Waals surface area contributed by atoms with Gasteiger partial charge in [-0.15, -0.1) is 0 Å². The number of carboxylic acid groups (broad SMARTS) is 1. The van der Waals surface area contributed by atoms with Crippen molar-refractivity contribution in [1.29, 1.82) is 0 Å². The molecule has 0 saturated carbocycles. The van der Waals surface area contributed by atoms with Crippen molar-refractivity contribution < 1.29 is 14.1 Å². The maximum absolute atomic E-state index is 11.8. The maximum Gasteiger partial charge on any atom is 0.321 e. The number of rotatable bonds is 5. The summed E-state index contributed by atoms with van der Waals surface area (Å²) in [7, 11) is -1.30. The number of carboxylic acids is 1. The van der Waals surface area contributed by atoms with Crippen molar-refractivity contribution in [3.63, 3.8) is 0 Å². The van der Waals surface area contributed by atoms with E-state index in [0.29, 0.717) is 5.75 Å². The number of hydrogen-bond acceptors (Lipinski definition) is 3. The second-order valence-corrected chi connectivity index (χ2v) is 6.53. The Morgan fingerprint density at radius 2 is 1.93 bits per heavy atom. The molecule has 0 radical (unpaired) electrons. The van der Waals surface area contributed by atoms with E-state index in [0.717, 1.165) is 19.6 Å². The van der Waals surface area contributed by atoms with Crippen LogP contribution in [-0.4, -0.2) is 50.3 Å². The fraction of sp³-hybridized carbons (Fsp3) is 0.900. The van der Waals surface area contributed by atoms with Crippen LogP contribution in [0.3, 0.4) is 0 Å². The summed E-state index contributed by atoms with van der Waals surface area (Å²) in [4.78, 5) is 13.1. The zero-order valence-corrected chi connectivity index (χ0v) is 10.2. The van der Waals surface area contributed by atoms with Crippen molar-refractivity contribution in [2.75, 3.05) is 25.4 Å². The van der Waals surface area contributed by atoms with E-state index in [9.17, 15) is 9.00 Å². The summed E-state index contributed by atoms with van der Waals surface area (Å²) >= 11 is 0. The quantitative estimate of drug-likeness (QED) is 0.759. The van der Waals surface area contributed by atoms with E-state index >= 15 is 0 Å². The summed E-state index contributed by atoms with van der Waals surface area (Å²) < 4.78 is 10.6. The lowest BCUT2D eigenvalue weighted by atomic mass is 10.2. The lowest BCUT2D eigenvalue weighted by Gasteiger charge is -2.20. The van der Waals surface area contributed by atoms with Gasteiger partial charge in [0.15, 0.2) is 0 Å². The highest BCUT2D eigenvalue weighted by Crippen LogP contribution is 2.14. The first kappa shape index (κ1) is 12.6. The molecule has 0 bridgehead atoms. The molecule has 1 aliphatic rings. The molecule has 1 atom stereocenters. The van der Waals surface area contributed by atoms with Gasteiger partial charge in [-0.1, -0.05) is 0 Å². The third-order valence-corrected chi connectivity index (χ3v) is 4.74. The standard InChI is InChI=1S/C10H19NO3S/c1-10(2,9(12)13)15(14)8-7-11-5-3-4-6-11/h3-8H2,1-2H3,(H,12,13). The smallest absolute Gasteiger partial charge is 0.321 e. The number of aliphatic carboxylic acids is 1. The van der Waals surface area contributed by atoms with Gasteiger partial charge in [-0.25, -0.2) is 0 Å². The Balaban J connectivity index is 2.38. The molecule has 1 aliphatic heterocycles. The molecule has 88 valence electrons. The fourth-order valence-corrected chi connectivity index (χ4v) is 2.70. The average molecular weight is 233 g/mol. The van der Waals surface area contributed by atoms with Crippen LogP contribution < -0.4 is 0 Å². The minimum atomic E-state index is -1.30. The van der Waals surface area contributed by atoms with Crippen LogP contribution in [0.15, 0.2) is 0 Å². The Kier molecular flexibility index (Phi) is 4.28. The van der Waals surface area contributed by atoms with E-state index in [-0.39, 0.29) is 0 Å². The molecule has 5 heteroatoms. The SMILES string of the molecule is CC(C)(C(=O)O)S(=O)CCN1CCCC1. The molecule has 1 saturated heterocycles. The van der Waals surface area contributed by atoms with Crippen LogP contribution in [0.5, 0.6) is 0 Å². The number of carbonyl (C=O) groups is 1. The highest BCUT2D eigenvalue weighted by molar-refractivity contribution is 7.87. The highest BCUT2D eigenvalue weighted by Gasteiger charge is 2.34. The Bertz CT molecular complexity index is 259. The second-order valence-electron chi connectivity index (χ2n) is 4.41. The van der Waals surface area contributed by atoms with Crippen LogP contribution in [0.1, 0.15) is 26.7 Å². The molecule has 1 fully saturated rings. The monoisotopic (exact) mass is 233 g/mol. The molecular weight excluding hydrogens is 214 g/mol. The van der Waals surface area contributed by atoms with Crippen LogP contribution in [0.4, 0.5) is 0 Å². The van der Waals surface area contributed by atoms with Gasteiger partial charge in [-0.3, -0.25) is 9.00 Å². The molecular formula is C10H19NO3S. The third kappa shape index (κ3) is 3.28. The number of nitrogens with zero attached hydrogens (tertiary/aromatic N) is 1. The summed E-state index contributed by atoms with van der Waals surface area (Å²) in [6.07, 6.45) is 2.41. The van der Waals surface area contributed by atoms with E-state index < -0.39 is 21.5 Å². The summed E-state index contributed by atoms with van der Waals surface area (Å²) in [5, 5.41) is 8.90. The first-order valence-electron chi connectivity index (χ1n) is 5.29. The predicted molar refractivity (Wildman–Crippen MR) is 60.4 cm³/mol. The average Bonchev–Trinajstić information content (AvgIpc) is 2.66. The second kappa shape index (κ2) is 5.07. The lowest BCUT2D eigenvalue weighted by Crippen LogP contribution is -2.40. The van der Waals surface area contributed by atoms with Crippen LogP contribution >= 0.6 is 0 Å². The fourth-order valence-electron chi connectivity index (χ4n) is 1.57. The summed E-state index contributed by atoms with van der Waals surface area (Å²) in [6, 6.07) is 0. The lowest BCUT2D eigenvalue weighted by molar-refractivity contribution is -0.139. The normalized spacial score (nSPS) is 20.4. The largest absolute Gasteiger partial charge is 0.480 e. The molecule has 0 amide bonds. The molecule has 4 nitrogen and oxygen atoms in total. The summed E-state index contributed by atoms with van der Waals surface area (Å²) in [5.74, 6) is -0.526. The Morgan fingerprint density at radius 1 is 1.40 bits per heavy atom. The third-order valence-electron chi connectivity index (χ3n) is 2.88. The van der Waals surface area contributed by atoms with E-state index in [1.807, 2.05) is 0 Å². The number of likely N-dealkylation sites (tertiary alicyclic amines) is 1. The summed E-state index contributed by atoms with van der Waals surface area (Å²) in [6.45, 7) is 5.92. The van der Waals surface area contributed by atoms with Gasteiger partial charge in [-0.05, 0) is 39.8 Å². The Labute approximate surface area is 93.1 Å². The van der Waals surface area contributed by atoms with Crippen LogP contribution in [0.2, 0.25) is 0 Å². The molecule has 0 aromatic carbocycles. The molecule has 0 aliphatic carbocycles. The van der Waals surface area contributed by atoms with Gasteiger partial charge in [-0.2, -0.15) is 0 Å². The first-order chi connectivity index (χ1) is 6.94. The van der Waals surface area contributed by atoms with Gasteiger partial charge < -0.3 is 10.0 Å². The highest BCUT2D eigenvalue weighted by atomic mass is 32.2. The zero-order chi connectivity index (χ0) is 11.5. The van der Waals surface area contributed by atoms with E-state index in [4.69, 9.17) is 5.11 Å². The molecule has 0 aromatic heterocycles. The van der Waals surface area contributed by atoms with Crippen molar-refractivity contribution in [2.45, 2.75) is 31.4 Å². The maximum atomic E-state index is 11.8. The van der Waals surface area contributed by atoms with E-state index in [1.165, 1.54) is 26.7 Å². The molecule has 1 rings (SSSR count). The Morgan fingerprint density at radius 3 is 2.40 bits per heavy atom. The van der Waals surface area contributed by atoms with Gasteiger partial charge in [0, 0.05) is 23.1 Å². The van der Waals surface area contributed by atoms with Gasteiger partial charge in [0.25, 0.3) is 0 Å². The van der Waals surface area contributed by atoms with E-state index in [2.05, 4.69) is 4.90 Å². The van der Waals surface area contributed by atoms with E-state index in [1.54, 1.807) is 0 Å².